The lowest BCUT2D eigenvalue weighted by Gasteiger charge is -2.08. The SMILES string of the molecule is O=c1cc(CO)cc(COc2ccc(OCC=Cc3ccccc3)cc2)[nH]1. The minimum atomic E-state index is -0.257. The van der Waals surface area contributed by atoms with E-state index in [9.17, 15) is 4.79 Å². The van der Waals surface area contributed by atoms with Gasteiger partial charge in [-0.25, -0.2) is 0 Å². The quantitative estimate of drug-likeness (QED) is 0.642. The molecule has 2 N–H and O–H groups in total. The number of aliphatic hydroxyl groups excluding tert-OH is 1. The van der Waals surface area contributed by atoms with E-state index in [-0.39, 0.29) is 18.8 Å². The summed E-state index contributed by atoms with van der Waals surface area (Å²) in [5.74, 6) is 1.41. The number of hydrogen-bond acceptors (Lipinski definition) is 4. The molecule has 0 atom stereocenters. The van der Waals surface area contributed by atoms with Crippen molar-refractivity contribution in [3.8, 4) is 11.5 Å². The number of aliphatic hydroxyl groups is 1. The summed E-state index contributed by atoms with van der Waals surface area (Å²) in [6.07, 6.45) is 3.98. The van der Waals surface area contributed by atoms with Gasteiger partial charge in [-0.2, -0.15) is 0 Å². The Morgan fingerprint density at radius 2 is 1.63 bits per heavy atom. The van der Waals surface area contributed by atoms with Gasteiger partial charge in [-0.05, 0) is 47.5 Å². The van der Waals surface area contributed by atoms with Crippen LogP contribution in [0.1, 0.15) is 16.8 Å². The zero-order valence-electron chi connectivity index (χ0n) is 14.8. The van der Waals surface area contributed by atoms with Crippen LogP contribution in [0.3, 0.4) is 0 Å². The van der Waals surface area contributed by atoms with E-state index in [1.807, 2.05) is 66.7 Å². The number of rotatable bonds is 8. The molecule has 5 nitrogen and oxygen atoms in total. The Balaban J connectivity index is 1.49. The molecule has 3 aromatic rings. The lowest BCUT2D eigenvalue weighted by Crippen LogP contribution is -2.11. The van der Waals surface area contributed by atoms with Crippen molar-refractivity contribution in [1.29, 1.82) is 0 Å². The first-order valence-corrected chi connectivity index (χ1v) is 8.63. The van der Waals surface area contributed by atoms with Crippen molar-refractivity contribution in [2.45, 2.75) is 13.2 Å². The molecule has 0 fully saturated rings. The Bertz CT molecular complexity index is 931. The minimum Gasteiger partial charge on any atom is -0.490 e. The fourth-order valence-electron chi connectivity index (χ4n) is 2.52. The lowest BCUT2D eigenvalue weighted by atomic mass is 10.2. The van der Waals surface area contributed by atoms with Crippen LogP contribution >= 0.6 is 0 Å². The summed E-state index contributed by atoms with van der Waals surface area (Å²) in [5, 5.41) is 9.14. The molecule has 1 aromatic heterocycles. The van der Waals surface area contributed by atoms with E-state index < -0.39 is 0 Å². The summed E-state index contributed by atoms with van der Waals surface area (Å²) in [7, 11) is 0. The Morgan fingerprint density at radius 3 is 2.33 bits per heavy atom. The summed E-state index contributed by atoms with van der Waals surface area (Å²) in [6.45, 7) is 0.509. The number of H-pyrrole nitrogens is 1. The van der Waals surface area contributed by atoms with Crippen molar-refractivity contribution in [2.24, 2.45) is 0 Å². The second kappa shape index (κ2) is 9.40. The number of benzene rings is 2. The van der Waals surface area contributed by atoms with Crippen molar-refractivity contribution in [2.75, 3.05) is 6.61 Å². The predicted molar refractivity (Wildman–Crippen MR) is 105 cm³/mol. The lowest BCUT2D eigenvalue weighted by molar-refractivity contribution is 0.279. The van der Waals surface area contributed by atoms with Gasteiger partial charge in [-0.1, -0.05) is 36.4 Å². The largest absolute Gasteiger partial charge is 0.490 e. The Labute approximate surface area is 157 Å². The van der Waals surface area contributed by atoms with Crippen molar-refractivity contribution in [1.82, 2.24) is 4.98 Å². The third-order valence-electron chi connectivity index (χ3n) is 3.82. The van der Waals surface area contributed by atoms with Crippen LogP contribution in [0.5, 0.6) is 11.5 Å². The molecule has 0 amide bonds. The molecular formula is C22H21NO4. The average Bonchev–Trinajstić information content (AvgIpc) is 2.71. The molecule has 0 aliphatic heterocycles. The summed E-state index contributed by atoms with van der Waals surface area (Å²) in [6, 6.07) is 20.4. The van der Waals surface area contributed by atoms with Gasteiger partial charge in [0.1, 0.15) is 24.7 Å². The maximum Gasteiger partial charge on any atom is 0.248 e. The molecule has 0 spiro atoms. The molecule has 0 aliphatic carbocycles. The summed E-state index contributed by atoms with van der Waals surface area (Å²) in [4.78, 5) is 14.2. The van der Waals surface area contributed by atoms with Crippen LogP contribution in [-0.4, -0.2) is 16.7 Å². The number of nitrogens with one attached hydrogen (secondary N) is 1. The van der Waals surface area contributed by atoms with Gasteiger partial charge in [-0.15, -0.1) is 0 Å². The standard InChI is InChI=1S/C22H21NO4/c24-15-18-13-19(23-22(25)14-18)16-27-21-10-8-20(9-11-21)26-12-4-7-17-5-2-1-3-6-17/h1-11,13-14,24H,12,15-16H2,(H,23,25). The van der Waals surface area contributed by atoms with Crippen molar-refractivity contribution >= 4 is 6.08 Å². The first-order chi connectivity index (χ1) is 13.2. The molecule has 3 rings (SSSR count). The van der Waals surface area contributed by atoms with Crippen LogP contribution in [0.4, 0.5) is 0 Å². The van der Waals surface area contributed by atoms with E-state index in [4.69, 9.17) is 14.6 Å². The summed E-state index contributed by atoms with van der Waals surface area (Å²) < 4.78 is 11.3. The first-order valence-electron chi connectivity index (χ1n) is 8.63. The van der Waals surface area contributed by atoms with E-state index in [1.165, 1.54) is 6.07 Å². The first kappa shape index (κ1) is 18.5. The van der Waals surface area contributed by atoms with E-state index in [1.54, 1.807) is 6.07 Å². The van der Waals surface area contributed by atoms with Crippen LogP contribution < -0.4 is 15.0 Å². The van der Waals surface area contributed by atoms with Crippen molar-refractivity contribution < 1.29 is 14.6 Å². The summed E-state index contributed by atoms with van der Waals surface area (Å²) >= 11 is 0. The highest BCUT2D eigenvalue weighted by molar-refractivity contribution is 5.48. The second-order valence-corrected chi connectivity index (χ2v) is 5.92. The Morgan fingerprint density at radius 1 is 0.926 bits per heavy atom. The van der Waals surface area contributed by atoms with E-state index in [0.717, 1.165) is 11.3 Å². The molecule has 0 saturated carbocycles. The highest BCUT2D eigenvalue weighted by atomic mass is 16.5. The number of hydrogen-bond donors (Lipinski definition) is 2. The third-order valence-corrected chi connectivity index (χ3v) is 3.82. The van der Waals surface area contributed by atoms with Gasteiger partial charge in [0.15, 0.2) is 0 Å². The average molecular weight is 363 g/mol. The van der Waals surface area contributed by atoms with Crippen molar-refractivity contribution in [3.05, 3.63) is 100.0 Å². The number of aromatic amines is 1. The van der Waals surface area contributed by atoms with Gasteiger partial charge in [0.25, 0.3) is 0 Å². The highest BCUT2D eigenvalue weighted by Gasteiger charge is 2.01. The zero-order valence-corrected chi connectivity index (χ0v) is 14.8. The normalized spacial score (nSPS) is 10.9. The molecule has 5 heteroatoms. The monoisotopic (exact) mass is 363 g/mol. The van der Waals surface area contributed by atoms with Gasteiger partial charge < -0.3 is 19.6 Å². The third kappa shape index (κ3) is 5.87. The molecular weight excluding hydrogens is 342 g/mol. The van der Waals surface area contributed by atoms with Gasteiger partial charge >= 0.3 is 0 Å². The maximum atomic E-state index is 11.5. The van der Waals surface area contributed by atoms with Crippen LogP contribution in [-0.2, 0) is 13.2 Å². The fourth-order valence-corrected chi connectivity index (χ4v) is 2.52. The molecule has 0 unspecified atom stereocenters. The molecule has 27 heavy (non-hydrogen) atoms. The highest BCUT2D eigenvalue weighted by Crippen LogP contribution is 2.18. The number of pyridine rings is 1. The molecule has 2 aromatic carbocycles. The van der Waals surface area contributed by atoms with Gasteiger partial charge in [0.2, 0.25) is 5.56 Å². The minimum absolute atomic E-state index is 0.179. The van der Waals surface area contributed by atoms with E-state index >= 15 is 0 Å². The Hall–Kier alpha value is -3.31. The van der Waals surface area contributed by atoms with Gasteiger partial charge in [-0.3, -0.25) is 4.79 Å². The molecule has 0 saturated heterocycles. The molecule has 1 heterocycles. The Kier molecular flexibility index (Phi) is 6.44. The van der Waals surface area contributed by atoms with E-state index in [0.29, 0.717) is 23.6 Å². The number of ether oxygens (including phenoxy) is 2. The van der Waals surface area contributed by atoms with Crippen LogP contribution in [0, 0.1) is 0 Å². The van der Waals surface area contributed by atoms with Crippen molar-refractivity contribution in [3.63, 3.8) is 0 Å². The summed E-state index contributed by atoms with van der Waals surface area (Å²) in [5.41, 5.74) is 2.04. The molecule has 0 radical (unpaired) electrons. The smallest absolute Gasteiger partial charge is 0.248 e. The molecule has 0 bridgehead atoms. The van der Waals surface area contributed by atoms with Crippen LogP contribution in [0.15, 0.2) is 77.6 Å². The van der Waals surface area contributed by atoms with Gasteiger partial charge in [0, 0.05) is 6.07 Å². The number of aromatic nitrogens is 1. The predicted octanol–water partition coefficient (Wildman–Crippen LogP) is 3.54. The fraction of sp³-hybridized carbons (Fsp3) is 0.136. The van der Waals surface area contributed by atoms with Gasteiger partial charge in [0.05, 0.1) is 12.3 Å². The molecule has 138 valence electrons. The second-order valence-electron chi connectivity index (χ2n) is 5.92. The van der Waals surface area contributed by atoms with E-state index in [2.05, 4.69) is 4.98 Å². The molecule has 0 aliphatic rings. The van der Waals surface area contributed by atoms with Crippen LogP contribution in [0.25, 0.3) is 6.08 Å². The van der Waals surface area contributed by atoms with Crippen LogP contribution in [0.2, 0.25) is 0 Å². The zero-order chi connectivity index (χ0) is 18.9. The maximum absolute atomic E-state index is 11.5. The topological polar surface area (TPSA) is 71.6 Å².